The predicted molar refractivity (Wildman–Crippen MR) is 157 cm³/mol. The first-order valence-electron chi connectivity index (χ1n) is 13.1. The standard InChI is InChI=1S/C34H44S/c1-10-34(9,11-2)20-19-27-17-15-24(3)31(21-27)26(5)32-23-30(18-16-25(32)4)35-29-14-12-13-28(22-29)33(6,7)8/h12-18,21-23H,5,10-11,19-20H2,1-4,6-9H3. The van der Waals surface area contributed by atoms with Gasteiger partial charge >= 0.3 is 0 Å². The van der Waals surface area contributed by atoms with Gasteiger partial charge in [0.05, 0.1) is 0 Å². The Kier molecular flexibility index (Phi) is 8.76. The van der Waals surface area contributed by atoms with Gasteiger partial charge in [-0.25, -0.2) is 0 Å². The van der Waals surface area contributed by atoms with E-state index in [0.29, 0.717) is 5.41 Å². The first-order chi connectivity index (χ1) is 16.5. The van der Waals surface area contributed by atoms with Crippen LogP contribution in [0.1, 0.15) is 94.2 Å². The van der Waals surface area contributed by atoms with Crippen molar-refractivity contribution in [2.24, 2.45) is 5.41 Å². The first kappa shape index (κ1) is 27.3. The number of hydrogen-bond donors (Lipinski definition) is 0. The lowest BCUT2D eigenvalue weighted by Crippen LogP contribution is -2.14. The molecular formula is C34H44S. The molecule has 0 spiro atoms. The normalized spacial score (nSPS) is 12.1. The Morgan fingerprint density at radius 3 is 2.00 bits per heavy atom. The molecule has 3 aromatic carbocycles. The number of hydrogen-bond acceptors (Lipinski definition) is 1. The molecule has 0 atom stereocenters. The summed E-state index contributed by atoms with van der Waals surface area (Å²) in [7, 11) is 0. The van der Waals surface area contributed by atoms with Crippen LogP contribution in [0.15, 0.2) is 77.0 Å². The molecule has 0 aliphatic carbocycles. The van der Waals surface area contributed by atoms with Gasteiger partial charge in [-0.15, -0.1) is 0 Å². The largest absolute Gasteiger partial charge is 0.0905 e. The molecule has 3 aromatic rings. The third-order valence-electron chi connectivity index (χ3n) is 7.82. The van der Waals surface area contributed by atoms with Crippen LogP contribution in [0.5, 0.6) is 0 Å². The molecule has 1 heteroatoms. The number of rotatable bonds is 9. The Hall–Kier alpha value is -2.25. The fraction of sp³-hybridized carbons (Fsp3) is 0.412. The minimum atomic E-state index is 0.150. The zero-order chi connectivity index (χ0) is 25.8. The molecule has 0 aliphatic heterocycles. The van der Waals surface area contributed by atoms with Crippen molar-refractivity contribution in [2.45, 2.75) is 96.3 Å². The lowest BCUT2D eigenvalue weighted by Gasteiger charge is -2.26. The Bertz CT molecular complexity index is 1170. The van der Waals surface area contributed by atoms with Gasteiger partial charge in [0.2, 0.25) is 0 Å². The second-order valence-electron chi connectivity index (χ2n) is 11.5. The van der Waals surface area contributed by atoms with Crippen LogP contribution in [0.25, 0.3) is 5.57 Å². The summed E-state index contributed by atoms with van der Waals surface area (Å²) < 4.78 is 0. The Balaban J connectivity index is 1.87. The summed E-state index contributed by atoms with van der Waals surface area (Å²) in [6.07, 6.45) is 4.82. The zero-order valence-electron chi connectivity index (χ0n) is 23.2. The van der Waals surface area contributed by atoms with Gasteiger partial charge in [-0.2, -0.15) is 0 Å². The molecule has 0 fully saturated rings. The molecule has 0 aliphatic rings. The minimum absolute atomic E-state index is 0.150. The van der Waals surface area contributed by atoms with Crippen molar-refractivity contribution in [3.8, 4) is 0 Å². The highest BCUT2D eigenvalue weighted by Crippen LogP contribution is 2.36. The van der Waals surface area contributed by atoms with Gasteiger partial charge in [0.15, 0.2) is 0 Å². The third kappa shape index (κ3) is 6.91. The molecule has 186 valence electrons. The Labute approximate surface area is 219 Å². The highest BCUT2D eigenvalue weighted by Gasteiger charge is 2.20. The van der Waals surface area contributed by atoms with Crippen molar-refractivity contribution >= 4 is 17.3 Å². The van der Waals surface area contributed by atoms with E-state index in [1.54, 1.807) is 0 Å². The van der Waals surface area contributed by atoms with Crippen LogP contribution in [0, 0.1) is 19.3 Å². The SMILES string of the molecule is C=C(c1cc(CCC(C)(CC)CC)ccc1C)c1cc(Sc2cccc(C(C)(C)C)c2)ccc1C. The maximum absolute atomic E-state index is 4.58. The molecule has 0 saturated carbocycles. The average Bonchev–Trinajstić information content (AvgIpc) is 2.83. The molecule has 0 aromatic heterocycles. The molecule has 0 amide bonds. The fourth-order valence-electron chi connectivity index (χ4n) is 4.50. The zero-order valence-corrected chi connectivity index (χ0v) is 24.0. The van der Waals surface area contributed by atoms with Gasteiger partial charge in [-0.05, 0) is 101 Å². The fourth-order valence-corrected chi connectivity index (χ4v) is 5.41. The van der Waals surface area contributed by atoms with Crippen LogP contribution in [0.2, 0.25) is 0 Å². The molecule has 0 unspecified atom stereocenters. The van der Waals surface area contributed by atoms with Crippen LogP contribution in [-0.2, 0) is 11.8 Å². The van der Waals surface area contributed by atoms with E-state index in [2.05, 4.69) is 123 Å². The van der Waals surface area contributed by atoms with E-state index < -0.39 is 0 Å². The summed E-state index contributed by atoms with van der Waals surface area (Å²) in [4.78, 5) is 2.54. The summed E-state index contributed by atoms with van der Waals surface area (Å²) in [5.41, 5.74) is 9.58. The summed E-state index contributed by atoms with van der Waals surface area (Å²) in [6, 6.07) is 22.7. The van der Waals surface area contributed by atoms with Crippen molar-refractivity contribution in [1.29, 1.82) is 0 Å². The maximum Gasteiger partial charge on any atom is 0.0128 e. The van der Waals surface area contributed by atoms with Gasteiger partial charge in [0.25, 0.3) is 0 Å². The van der Waals surface area contributed by atoms with Crippen LogP contribution in [0.4, 0.5) is 0 Å². The van der Waals surface area contributed by atoms with Gasteiger partial charge in [0, 0.05) is 9.79 Å². The van der Waals surface area contributed by atoms with E-state index in [0.717, 1.165) is 12.0 Å². The van der Waals surface area contributed by atoms with Gasteiger partial charge in [-0.3, -0.25) is 0 Å². The van der Waals surface area contributed by atoms with E-state index >= 15 is 0 Å². The van der Waals surface area contributed by atoms with Gasteiger partial charge in [0.1, 0.15) is 0 Å². The van der Waals surface area contributed by atoms with Gasteiger partial charge < -0.3 is 0 Å². The summed E-state index contributed by atoms with van der Waals surface area (Å²) in [5, 5.41) is 0. The second kappa shape index (κ2) is 11.2. The monoisotopic (exact) mass is 484 g/mol. The van der Waals surface area contributed by atoms with Crippen LogP contribution in [-0.4, -0.2) is 0 Å². The van der Waals surface area contributed by atoms with Crippen molar-refractivity contribution in [1.82, 2.24) is 0 Å². The average molecular weight is 485 g/mol. The van der Waals surface area contributed by atoms with E-state index in [1.807, 2.05) is 11.8 Å². The smallest absolute Gasteiger partial charge is 0.0128 e. The molecule has 35 heavy (non-hydrogen) atoms. The van der Waals surface area contributed by atoms with E-state index in [4.69, 9.17) is 0 Å². The van der Waals surface area contributed by atoms with E-state index in [9.17, 15) is 0 Å². The first-order valence-corrected chi connectivity index (χ1v) is 14.0. The topological polar surface area (TPSA) is 0 Å². The summed E-state index contributed by atoms with van der Waals surface area (Å²) in [6.45, 7) is 22.9. The number of benzene rings is 3. The number of aryl methyl sites for hydroxylation is 3. The Morgan fingerprint density at radius 1 is 0.771 bits per heavy atom. The summed E-state index contributed by atoms with van der Waals surface area (Å²) >= 11 is 1.84. The highest BCUT2D eigenvalue weighted by molar-refractivity contribution is 7.99. The predicted octanol–water partition coefficient (Wildman–Crippen LogP) is 10.6. The van der Waals surface area contributed by atoms with E-state index in [1.165, 1.54) is 62.4 Å². The van der Waals surface area contributed by atoms with Crippen molar-refractivity contribution in [3.63, 3.8) is 0 Å². The van der Waals surface area contributed by atoms with Crippen LogP contribution < -0.4 is 0 Å². The molecule has 0 saturated heterocycles. The lowest BCUT2D eigenvalue weighted by molar-refractivity contribution is 0.273. The molecule has 0 N–H and O–H groups in total. The molecular weight excluding hydrogens is 440 g/mol. The molecule has 0 heterocycles. The summed E-state index contributed by atoms with van der Waals surface area (Å²) in [5.74, 6) is 0. The maximum atomic E-state index is 4.58. The molecule has 0 nitrogen and oxygen atoms in total. The van der Waals surface area contributed by atoms with Crippen LogP contribution in [0.3, 0.4) is 0 Å². The highest BCUT2D eigenvalue weighted by atomic mass is 32.2. The molecule has 0 radical (unpaired) electrons. The van der Waals surface area contributed by atoms with Crippen LogP contribution >= 0.6 is 11.8 Å². The molecule has 0 bridgehead atoms. The van der Waals surface area contributed by atoms with Crippen molar-refractivity contribution < 1.29 is 0 Å². The quantitative estimate of drug-likeness (QED) is 0.291. The van der Waals surface area contributed by atoms with Crippen molar-refractivity contribution in [3.05, 3.63) is 101 Å². The Morgan fingerprint density at radius 2 is 1.37 bits per heavy atom. The second-order valence-corrected chi connectivity index (χ2v) is 12.6. The van der Waals surface area contributed by atoms with E-state index in [-0.39, 0.29) is 5.41 Å². The lowest BCUT2D eigenvalue weighted by atomic mass is 9.79. The third-order valence-corrected chi connectivity index (χ3v) is 8.80. The van der Waals surface area contributed by atoms with Crippen molar-refractivity contribution in [2.75, 3.05) is 0 Å². The van der Waals surface area contributed by atoms with Gasteiger partial charge in [-0.1, -0.05) is 109 Å². The minimum Gasteiger partial charge on any atom is -0.0905 e. The molecule has 3 rings (SSSR count).